The molecule has 1 unspecified atom stereocenters. The molecule has 0 bridgehead atoms. The van der Waals surface area contributed by atoms with Crippen molar-refractivity contribution in [3.05, 3.63) is 0 Å². The third-order valence-electron chi connectivity index (χ3n) is 1.52. The van der Waals surface area contributed by atoms with Gasteiger partial charge in [0, 0.05) is 6.54 Å². The fourth-order valence-electron chi connectivity index (χ4n) is 0.767. The lowest BCUT2D eigenvalue weighted by molar-refractivity contribution is 0.0894. The first-order chi connectivity index (χ1) is 4.87. The van der Waals surface area contributed by atoms with Crippen LogP contribution >= 0.6 is 7.60 Å². The number of aliphatic hydroxyl groups is 1. The van der Waals surface area contributed by atoms with Crippen LogP contribution < -0.4 is 5.73 Å². The maximum Gasteiger partial charge on any atom is 0.358 e. The summed E-state index contributed by atoms with van der Waals surface area (Å²) in [6, 6.07) is 0. The molecule has 0 aliphatic heterocycles. The Kier molecular flexibility index (Phi) is 3.67. The van der Waals surface area contributed by atoms with Crippen LogP contribution in [-0.2, 0) is 4.57 Å². The van der Waals surface area contributed by atoms with E-state index < -0.39 is 19.5 Å². The van der Waals surface area contributed by atoms with Crippen LogP contribution in [0.5, 0.6) is 0 Å². The molecule has 0 radical (unpaired) electrons. The first-order valence-electron chi connectivity index (χ1n) is 3.35. The number of hydrogen-bond donors (Lipinski definition) is 4. The molecule has 6 heteroatoms. The smallest absolute Gasteiger partial charge is 0.358 e. The van der Waals surface area contributed by atoms with Gasteiger partial charge in [-0.25, -0.2) is 0 Å². The van der Waals surface area contributed by atoms with Gasteiger partial charge in [0.05, 0.1) is 0 Å². The van der Waals surface area contributed by atoms with Crippen molar-refractivity contribution in [1.29, 1.82) is 0 Å². The summed E-state index contributed by atoms with van der Waals surface area (Å²) in [5.41, 5.74) is 5.04. The van der Waals surface area contributed by atoms with Crippen molar-refractivity contribution in [2.75, 3.05) is 6.54 Å². The Morgan fingerprint density at radius 2 is 2.00 bits per heavy atom. The van der Waals surface area contributed by atoms with Crippen LogP contribution in [0.2, 0.25) is 0 Å². The van der Waals surface area contributed by atoms with Crippen LogP contribution in [0.4, 0.5) is 0 Å². The van der Waals surface area contributed by atoms with E-state index in [-0.39, 0.29) is 6.42 Å². The van der Waals surface area contributed by atoms with Crippen molar-refractivity contribution in [2.24, 2.45) is 5.73 Å². The minimum absolute atomic E-state index is 0.0216. The molecule has 0 aliphatic rings. The second-order valence-electron chi connectivity index (χ2n) is 2.48. The minimum atomic E-state index is -4.47. The van der Waals surface area contributed by atoms with Gasteiger partial charge in [-0.1, -0.05) is 13.3 Å². The van der Waals surface area contributed by atoms with Gasteiger partial charge in [-0.3, -0.25) is 4.57 Å². The summed E-state index contributed by atoms with van der Waals surface area (Å²) in [5.74, 6) is 0. The number of hydrogen-bond acceptors (Lipinski definition) is 3. The Balaban J connectivity index is 4.47. The summed E-state index contributed by atoms with van der Waals surface area (Å²) in [5, 5.41) is 7.24. The van der Waals surface area contributed by atoms with E-state index in [2.05, 4.69) is 0 Å². The monoisotopic (exact) mass is 183 g/mol. The SMILES string of the molecule is CCCC(O)(CN)P(=O)(O)O. The van der Waals surface area contributed by atoms with Crippen LogP contribution in [0.1, 0.15) is 19.8 Å². The van der Waals surface area contributed by atoms with Crippen LogP contribution in [0.25, 0.3) is 0 Å². The molecule has 0 saturated heterocycles. The average Bonchev–Trinajstić information content (AvgIpc) is 1.86. The summed E-state index contributed by atoms with van der Waals surface area (Å²) >= 11 is 0. The van der Waals surface area contributed by atoms with E-state index in [1.165, 1.54) is 0 Å². The average molecular weight is 183 g/mol. The Bertz CT molecular complexity index is 168. The molecule has 0 aromatic rings. The molecule has 0 aromatic heterocycles. The molecule has 0 heterocycles. The molecule has 0 aromatic carbocycles. The second-order valence-corrected chi connectivity index (χ2v) is 4.40. The summed E-state index contributed by atoms with van der Waals surface area (Å²) in [6.45, 7) is 1.31. The molecule has 0 amide bonds. The Hall–Kier alpha value is 0.0700. The zero-order valence-corrected chi connectivity index (χ0v) is 7.29. The molecule has 0 fully saturated rings. The molecule has 0 spiro atoms. The summed E-state index contributed by atoms with van der Waals surface area (Å²) in [4.78, 5) is 17.3. The molecule has 0 aliphatic carbocycles. The zero-order chi connectivity index (χ0) is 9.12. The fourth-order valence-corrected chi connectivity index (χ4v) is 1.52. The highest BCUT2D eigenvalue weighted by molar-refractivity contribution is 7.53. The molecule has 1 atom stereocenters. The number of rotatable bonds is 4. The van der Waals surface area contributed by atoms with Crippen LogP contribution in [0, 0.1) is 0 Å². The molecule has 0 rings (SSSR count). The van der Waals surface area contributed by atoms with Gasteiger partial charge in [-0.2, -0.15) is 0 Å². The highest BCUT2D eigenvalue weighted by Crippen LogP contribution is 2.50. The van der Waals surface area contributed by atoms with Gasteiger partial charge >= 0.3 is 7.60 Å². The van der Waals surface area contributed by atoms with Crippen LogP contribution in [0.3, 0.4) is 0 Å². The zero-order valence-electron chi connectivity index (χ0n) is 6.40. The molecule has 5 nitrogen and oxygen atoms in total. The van der Waals surface area contributed by atoms with Crippen LogP contribution in [-0.4, -0.2) is 26.8 Å². The Morgan fingerprint density at radius 3 is 2.09 bits per heavy atom. The maximum atomic E-state index is 10.6. The van der Waals surface area contributed by atoms with Crippen molar-refractivity contribution >= 4 is 7.60 Å². The summed E-state index contributed by atoms with van der Waals surface area (Å²) in [6.07, 6.45) is 0.507. The molecule has 68 valence electrons. The summed E-state index contributed by atoms with van der Waals surface area (Å²) < 4.78 is 10.6. The van der Waals surface area contributed by atoms with Gasteiger partial charge in [0.25, 0.3) is 0 Å². The van der Waals surface area contributed by atoms with Gasteiger partial charge < -0.3 is 20.6 Å². The molecular weight excluding hydrogens is 169 g/mol. The van der Waals surface area contributed by atoms with Crippen molar-refractivity contribution in [3.63, 3.8) is 0 Å². The molecule has 5 N–H and O–H groups in total. The predicted octanol–water partition coefficient (Wildman–Crippen LogP) is -0.388. The largest absolute Gasteiger partial charge is 0.376 e. The van der Waals surface area contributed by atoms with Crippen molar-refractivity contribution in [1.82, 2.24) is 0 Å². The van der Waals surface area contributed by atoms with Gasteiger partial charge in [-0.05, 0) is 6.42 Å². The Labute approximate surface area is 65.4 Å². The van der Waals surface area contributed by atoms with Crippen LogP contribution in [0.15, 0.2) is 0 Å². The lowest BCUT2D eigenvalue weighted by Gasteiger charge is -2.26. The van der Waals surface area contributed by atoms with Gasteiger partial charge in [-0.15, -0.1) is 0 Å². The lowest BCUT2D eigenvalue weighted by Crippen LogP contribution is -2.37. The third kappa shape index (κ3) is 2.54. The quantitative estimate of drug-likeness (QED) is 0.444. The highest BCUT2D eigenvalue weighted by atomic mass is 31.2. The van der Waals surface area contributed by atoms with Crippen molar-refractivity contribution in [2.45, 2.75) is 25.1 Å². The maximum absolute atomic E-state index is 10.6. The minimum Gasteiger partial charge on any atom is -0.376 e. The van der Waals surface area contributed by atoms with E-state index in [4.69, 9.17) is 15.5 Å². The van der Waals surface area contributed by atoms with Gasteiger partial charge in [0.2, 0.25) is 0 Å². The Morgan fingerprint density at radius 1 is 1.55 bits per heavy atom. The lowest BCUT2D eigenvalue weighted by atomic mass is 10.2. The molecular formula is C5H14NO4P. The van der Waals surface area contributed by atoms with Gasteiger partial charge in [0.15, 0.2) is 5.34 Å². The molecule has 11 heavy (non-hydrogen) atoms. The first kappa shape index (κ1) is 11.1. The number of nitrogens with two attached hydrogens (primary N) is 1. The van der Waals surface area contributed by atoms with Gasteiger partial charge in [0.1, 0.15) is 0 Å². The topological polar surface area (TPSA) is 104 Å². The van der Waals surface area contributed by atoms with Crippen molar-refractivity contribution in [3.8, 4) is 0 Å². The fraction of sp³-hybridized carbons (Fsp3) is 1.00. The first-order valence-corrected chi connectivity index (χ1v) is 4.96. The standard InChI is InChI=1S/C5H14NO4P/c1-2-3-5(7,4-6)11(8,9)10/h7H,2-4,6H2,1H3,(H2,8,9,10). The van der Waals surface area contributed by atoms with E-state index in [0.717, 1.165) is 0 Å². The normalized spacial score (nSPS) is 17.9. The van der Waals surface area contributed by atoms with E-state index in [1.807, 2.05) is 0 Å². The predicted molar refractivity (Wildman–Crippen MR) is 41.0 cm³/mol. The van der Waals surface area contributed by atoms with E-state index >= 15 is 0 Å². The highest BCUT2D eigenvalue weighted by Gasteiger charge is 2.42. The van der Waals surface area contributed by atoms with E-state index in [1.54, 1.807) is 6.92 Å². The molecule has 0 saturated carbocycles. The second kappa shape index (κ2) is 3.65. The van der Waals surface area contributed by atoms with E-state index in [0.29, 0.717) is 6.42 Å². The van der Waals surface area contributed by atoms with Crippen molar-refractivity contribution < 1.29 is 19.5 Å². The van der Waals surface area contributed by atoms with E-state index in [9.17, 15) is 9.67 Å². The third-order valence-corrected chi connectivity index (χ3v) is 3.01. The summed E-state index contributed by atoms with van der Waals surface area (Å²) in [7, 11) is -4.47.